The minimum Gasteiger partial charge on any atom is -0.380 e. The van der Waals surface area contributed by atoms with E-state index in [0.29, 0.717) is 24.6 Å². The molecular weight excluding hydrogens is 365 g/mol. The predicted octanol–water partition coefficient (Wildman–Crippen LogP) is 3.41. The normalized spacial score (nSPS) is 13.6. The molecule has 0 rings (SSSR count). The molecule has 5 heteroatoms. The number of rotatable bonds is 8. The summed E-state index contributed by atoms with van der Waals surface area (Å²) in [6.07, 6.45) is 2.36. The van der Waals surface area contributed by atoms with Crippen molar-refractivity contribution in [1.82, 2.24) is 10.6 Å². The molecule has 0 aliphatic rings. The fourth-order valence-electron chi connectivity index (χ4n) is 1.64. The van der Waals surface area contributed by atoms with Crippen LogP contribution in [0.25, 0.3) is 0 Å². The van der Waals surface area contributed by atoms with Crippen LogP contribution in [0.5, 0.6) is 0 Å². The van der Waals surface area contributed by atoms with Crippen LogP contribution < -0.4 is 10.6 Å². The SMILES string of the molecule is CCNC(=NCCOCC)NC(C)CCC(C)(C)C.I. The van der Waals surface area contributed by atoms with Crippen molar-refractivity contribution in [2.24, 2.45) is 10.4 Å². The number of aliphatic imine (C=N–C) groups is 1. The second kappa shape index (κ2) is 12.7. The highest BCUT2D eigenvalue weighted by Gasteiger charge is 2.13. The maximum Gasteiger partial charge on any atom is 0.191 e. The van der Waals surface area contributed by atoms with E-state index in [2.05, 4.69) is 50.2 Å². The topological polar surface area (TPSA) is 45.7 Å². The molecule has 0 saturated carbocycles. The Labute approximate surface area is 142 Å². The summed E-state index contributed by atoms with van der Waals surface area (Å²) in [6.45, 7) is 16.2. The first-order valence-electron chi connectivity index (χ1n) is 7.51. The Morgan fingerprint density at radius 3 is 2.40 bits per heavy atom. The zero-order valence-electron chi connectivity index (χ0n) is 14.1. The van der Waals surface area contributed by atoms with Crippen molar-refractivity contribution in [2.45, 2.75) is 60.4 Å². The summed E-state index contributed by atoms with van der Waals surface area (Å²) in [6, 6.07) is 0.434. The molecule has 0 fully saturated rings. The molecule has 0 aromatic carbocycles. The monoisotopic (exact) mass is 399 g/mol. The van der Waals surface area contributed by atoms with Crippen LogP contribution in [0.15, 0.2) is 4.99 Å². The van der Waals surface area contributed by atoms with Crippen molar-refractivity contribution in [3.8, 4) is 0 Å². The lowest BCUT2D eigenvalue weighted by atomic mass is 9.89. The number of hydrogen-bond acceptors (Lipinski definition) is 2. The molecule has 20 heavy (non-hydrogen) atoms. The van der Waals surface area contributed by atoms with E-state index in [-0.39, 0.29) is 24.0 Å². The number of nitrogens with zero attached hydrogens (tertiary/aromatic N) is 1. The Balaban J connectivity index is 0. The van der Waals surface area contributed by atoms with Gasteiger partial charge in [0.1, 0.15) is 0 Å². The van der Waals surface area contributed by atoms with Gasteiger partial charge in [-0.3, -0.25) is 4.99 Å². The molecule has 0 aromatic heterocycles. The number of guanidine groups is 1. The third kappa shape index (κ3) is 14.4. The van der Waals surface area contributed by atoms with Gasteiger partial charge in [-0.15, -0.1) is 24.0 Å². The lowest BCUT2D eigenvalue weighted by Crippen LogP contribution is -2.42. The molecule has 1 unspecified atom stereocenters. The van der Waals surface area contributed by atoms with Crippen LogP contribution >= 0.6 is 24.0 Å². The van der Waals surface area contributed by atoms with E-state index in [1.807, 2.05) is 6.92 Å². The van der Waals surface area contributed by atoms with Gasteiger partial charge in [0.25, 0.3) is 0 Å². The van der Waals surface area contributed by atoms with Crippen LogP contribution in [-0.4, -0.2) is 38.3 Å². The molecule has 0 bridgehead atoms. The maximum atomic E-state index is 5.30. The van der Waals surface area contributed by atoms with Crippen LogP contribution in [0.1, 0.15) is 54.4 Å². The highest BCUT2D eigenvalue weighted by Crippen LogP contribution is 2.21. The number of hydrogen-bond donors (Lipinski definition) is 2. The van der Waals surface area contributed by atoms with Crippen LogP contribution in [0, 0.1) is 5.41 Å². The average molecular weight is 399 g/mol. The van der Waals surface area contributed by atoms with Crippen molar-refractivity contribution in [3.05, 3.63) is 0 Å². The molecule has 0 spiro atoms. The number of halogens is 1. The Morgan fingerprint density at radius 1 is 1.25 bits per heavy atom. The molecule has 1 atom stereocenters. The zero-order chi connectivity index (χ0) is 14.7. The van der Waals surface area contributed by atoms with E-state index >= 15 is 0 Å². The molecule has 0 aromatic rings. The quantitative estimate of drug-likeness (QED) is 0.285. The van der Waals surface area contributed by atoms with Gasteiger partial charge in [-0.1, -0.05) is 20.8 Å². The maximum absolute atomic E-state index is 5.30. The van der Waals surface area contributed by atoms with Gasteiger partial charge >= 0.3 is 0 Å². The molecule has 122 valence electrons. The van der Waals surface area contributed by atoms with E-state index < -0.39 is 0 Å². The third-order valence-electron chi connectivity index (χ3n) is 2.76. The fourth-order valence-corrected chi connectivity index (χ4v) is 1.64. The molecule has 0 saturated heterocycles. The van der Waals surface area contributed by atoms with Gasteiger partial charge in [-0.2, -0.15) is 0 Å². The Bertz CT molecular complexity index is 252. The highest BCUT2D eigenvalue weighted by molar-refractivity contribution is 14.0. The smallest absolute Gasteiger partial charge is 0.191 e. The molecule has 0 heterocycles. The van der Waals surface area contributed by atoms with Gasteiger partial charge in [0.15, 0.2) is 5.96 Å². The summed E-state index contributed by atoms with van der Waals surface area (Å²) < 4.78 is 5.30. The van der Waals surface area contributed by atoms with Crippen LogP contribution in [-0.2, 0) is 4.74 Å². The summed E-state index contributed by atoms with van der Waals surface area (Å²) in [7, 11) is 0. The average Bonchev–Trinajstić information content (AvgIpc) is 2.31. The first-order chi connectivity index (χ1) is 8.89. The third-order valence-corrected chi connectivity index (χ3v) is 2.76. The summed E-state index contributed by atoms with van der Waals surface area (Å²) >= 11 is 0. The Kier molecular flexibility index (Phi) is 14.1. The van der Waals surface area contributed by atoms with Crippen LogP contribution in [0.2, 0.25) is 0 Å². The van der Waals surface area contributed by atoms with Gasteiger partial charge in [0.05, 0.1) is 13.2 Å². The van der Waals surface area contributed by atoms with Crippen LogP contribution in [0.4, 0.5) is 0 Å². The zero-order valence-corrected chi connectivity index (χ0v) is 16.4. The molecule has 0 aliphatic heterocycles. The minimum absolute atomic E-state index is 0. The largest absolute Gasteiger partial charge is 0.380 e. The fraction of sp³-hybridized carbons (Fsp3) is 0.933. The lowest BCUT2D eigenvalue weighted by Gasteiger charge is -2.23. The summed E-state index contributed by atoms with van der Waals surface area (Å²) in [4.78, 5) is 4.50. The van der Waals surface area contributed by atoms with E-state index in [4.69, 9.17) is 4.74 Å². The van der Waals surface area contributed by atoms with E-state index in [9.17, 15) is 0 Å². The van der Waals surface area contributed by atoms with Crippen LogP contribution in [0.3, 0.4) is 0 Å². The second-order valence-corrected chi connectivity index (χ2v) is 6.10. The molecular formula is C15H34IN3O. The predicted molar refractivity (Wildman–Crippen MR) is 99.2 cm³/mol. The molecule has 0 radical (unpaired) electrons. The number of nitrogens with one attached hydrogen (secondary N) is 2. The van der Waals surface area contributed by atoms with Gasteiger partial charge in [-0.25, -0.2) is 0 Å². The Hall–Kier alpha value is -0.0400. The molecule has 4 nitrogen and oxygen atoms in total. The summed E-state index contributed by atoms with van der Waals surface area (Å²) in [5.41, 5.74) is 0.389. The number of ether oxygens (including phenoxy) is 1. The second-order valence-electron chi connectivity index (χ2n) is 6.10. The molecule has 2 N–H and O–H groups in total. The standard InChI is InChI=1S/C15H33N3O.HI/c1-7-16-14(17-11-12-19-8-2)18-13(3)9-10-15(4,5)6;/h13H,7-12H2,1-6H3,(H2,16,17,18);1H. The van der Waals surface area contributed by atoms with E-state index in [0.717, 1.165) is 25.5 Å². The summed E-state index contributed by atoms with van der Waals surface area (Å²) in [5, 5.41) is 6.72. The molecule has 0 aliphatic carbocycles. The lowest BCUT2D eigenvalue weighted by molar-refractivity contribution is 0.155. The van der Waals surface area contributed by atoms with Gasteiger partial charge < -0.3 is 15.4 Å². The van der Waals surface area contributed by atoms with Gasteiger partial charge in [0, 0.05) is 19.2 Å². The first-order valence-corrected chi connectivity index (χ1v) is 7.51. The van der Waals surface area contributed by atoms with Crippen molar-refractivity contribution in [2.75, 3.05) is 26.3 Å². The van der Waals surface area contributed by atoms with Crippen molar-refractivity contribution < 1.29 is 4.74 Å². The van der Waals surface area contributed by atoms with Crippen molar-refractivity contribution in [3.63, 3.8) is 0 Å². The van der Waals surface area contributed by atoms with Crippen molar-refractivity contribution >= 4 is 29.9 Å². The van der Waals surface area contributed by atoms with Gasteiger partial charge in [-0.05, 0) is 39.0 Å². The van der Waals surface area contributed by atoms with Crippen molar-refractivity contribution in [1.29, 1.82) is 0 Å². The Morgan fingerprint density at radius 2 is 1.90 bits per heavy atom. The minimum atomic E-state index is 0. The molecule has 0 amide bonds. The highest BCUT2D eigenvalue weighted by atomic mass is 127. The van der Waals surface area contributed by atoms with E-state index in [1.165, 1.54) is 6.42 Å². The van der Waals surface area contributed by atoms with Gasteiger partial charge in [0.2, 0.25) is 0 Å². The summed E-state index contributed by atoms with van der Waals surface area (Å²) in [5.74, 6) is 0.892. The van der Waals surface area contributed by atoms with E-state index in [1.54, 1.807) is 0 Å². The first kappa shape index (κ1) is 22.2.